The van der Waals surface area contributed by atoms with Crippen LogP contribution in [0.25, 0.3) is 10.1 Å². The number of aryl methyl sites for hydroxylation is 1. The summed E-state index contributed by atoms with van der Waals surface area (Å²) in [6.45, 7) is 1.86. The lowest BCUT2D eigenvalue weighted by Crippen LogP contribution is -1.93. The molecule has 0 saturated carbocycles. The summed E-state index contributed by atoms with van der Waals surface area (Å²) in [6.07, 6.45) is 0. The predicted octanol–water partition coefficient (Wildman–Crippen LogP) is 3.80. The van der Waals surface area contributed by atoms with Gasteiger partial charge in [-0.2, -0.15) is 0 Å². The van der Waals surface area contributed by atoms with Gasteiger partial charge in [0.25, 0.3) is 0 Å². The minimum atomic E-state index is -0.839. The second-order valence-electron chi connectivity index (χ2n) is 3.33. The molecule has 0 radical (unpaired) electrons. The van der Waals surface area contributed by atoms with Gasteiger partial charge in [0.05, 0.1) is 0 Å². The van der Waals surface area contributed by atoms with Crippen LogP contribution in [0.5, 0.6) is 0 Å². The van der Waals surface area contributed by atoms with Crippen LogP contribution in [0.3, 0.4) is 0 Å². The zero-order chi connectivity index (χ0) is 11.0. The van der Waals surface area contributed by atoms with E-state index in [9.17, 15) is 4.79 Å². The third-order valence-corrected chi connectivity index (χ3v) is 4.24. The number of fused-ring (bicyclic) bond motifs is 1. The first-order chi connectivity index (χ1) is 7.13. The second kappa shape index (κ2) is 3.94. The van der Waals surface area contributed by atoms with Crippen molar-refractivity contribution < 1.29 is 9.90 Å². The second-order valence-corrected chi connectivity index (χ2v) is 4.94. The van der Waals surface area contributed by atoms with Crippen LogP contribution in [0.1, 0.15) is 20.8 Å². The largest absolute Gasteiger partial charge is 0.477 e. The van der Waals surface area contributed by atoms with Gasteiger partial charge in [0, 0.05) is 10.0 Å². The van der Waals surface area contributed by atoms with Crippen LogP contribution < -0.4 is 0 Å². The molecule has 0 saturated heterocycles. The Hall–Kier alpha value is -0.870. The molecule has 0 unspecified atom stereocenters. The van der Waals surface area contributed by atoms with Gasteiger partial charge in [-0.1, -0.05) is 28.1 Å². The lowest BCUT2D eigenvalue weighted by Gasteiger charge is -1.95. The molecular weight excluding hydrogens is 276 g/mol. The molecule has 0 amide bonds. The Morgan fingerprint density at radius 3 is 2.87 bits per heavy atom. The van der Waals surface area contributed by atoms with Gasteiger partial charge in [0.15, 0.2) is 0 Å². The molecule has 0 atom stereocenters. The Bertz CT molecular complexity index is 531. The van der Waals surface area contributed by atoms with Crippen LogP contribution in [-0.2, 0) is 5.33 Å². The highest BCUT2D eigenvalue weighted by molar-refractivity contribution is 9.08. The Kier molecular flexibility index (Phi) is 2.80. The predicted molar refractivity (Wildman–Crippen MR) is 66.2 cm³/mol. The van der Waals surface area contributed by atoms with E-state index in [1.54, 1.807) is 0 Å². The van der Waals surface area contributed by atoms with Gasteiger partial charge >= 0.3 is 5.97 Å². The number of rotatable bonds is 2. The number of hydrogen-bond acceptors (Lipinski definition) is 2. The maximum Gasteiger partial charge on any atom is 0.346 e. The average molecular weight is 285 g/mol. The fraction of sp³-hybridized carbons (Fsp3) is 0.182. The Labute approximate surface area is 99.7 Å². The number of hydrogen-bond donors (Lipinski definition) is 1. The van der Waals surface area contributed by atoms with Gasteiger partial charge < -0.3 is 5.11 Å². The molecule has 2 aromatic rings. The van der Waals surface area contributed by atoms with Crippen LogP contribution >= 0.6 is 27.3 Å². The molecule has 0 fully saturated rings. The molecule has 1 aromatic heterocycles. The van der Waals surface area contributed by atoms with Crippen molar-refractivity contribution in [1.29, 1.82) is 0 Å². The molecule has 0 aliphatic heterocycles. The SMILES string of the molecule is Cc1c(C(=O)O)sc2cc(CBr)ccc12. The van der Waals surface area contributed by atoms with Crippen molar-refractivity contribution >= 4 is 43.3 Å². The monoisotopic (exact) mass is 284 g/mol. The number of carboxylic acids is 1. The summed E-state index contributed by atoms with van der Waals surface area (Å²) in [4.78, 5) is 11.4. The quantitative estimate of drug-likeness (QED) is 0.852. The van der Waals surface area contributed by atoms with E-state index < -0.39 is 5.97 Å². The number of thiophene rings is 1. The van der Waals surface area contributed by atoms with Crippen molar-refractivity contribution in [1.82, 2.24) is 0 Å². The van der Waals surface area contributed by atoms with E-state index in [1.807, 2.05) is 25.1 Å². The van der Waals surface area contributed by atoms with Crippen molar-refractivity contribution in [3.05, 3.63) is 34.2 Å². The van der Waals surface area contributed by atoms with E-state index in [2.05, 4.69) is 15.9 Å². The number of alkyl halides is 1. The lowest BCUT2D eigenvalue weighted by atomic mass is 10.1. The molecule has 1 aromatic carbocycles. The average Bonchev–Trinajstić information content (AvgIpc) is 2.55. The van der Waals surface area contributed by atoms with E-state index in [-0.39, 0.29) is 0 Å². The molecule has 0 spiro atoms. The van der Waals surface area contributed by atoms with Crippen molar-refractivity contribution in [2.75, 3.05) is 0 Å². The molecular formula is C11H9BrO2S. The van der Waals surface area contributed by atoms with E-state index in [0.29, 0.717) is 4.88 Å². The maximum atomic E-state index is 10.9. The van der Waals surface area contributed by atoms with Crippen LogP contribution in [0.4, 0.5) is 0 Å². The van der Waals surface area contributed by atoms with E-state index in [4.69, 9.17) is 5.11 Å². The summed E-state index contributed by atoms with van der Waals surface area (Å²) in [7, 11) is 0. The number of benzene rings is 1. The summed E-state index contributed by atoms with van der Waals surface area (Å²) in [5.74, 6) is -0.839. The lowest BCUT2D eigenvalue weighted by molar-refractivity contribution is 0.0701. The molecule has 78 valence electrons. The van der Waals surface area contributed by atoms with Crippen molar-refractivity contribution in [3.8, 4) is 0 Å². The molecule has 15 heavy (non-hydrogen) atoms. The van der Waals surface area contributed by atoms with Gasteiger partial charge in [-0.15, -0.1) is 11.3 Å². The fourth-order valence-electron chi connectivity index (χ4n) is 1.56. The van der Waals surface area contributed by atoms with Crippen LogP contribution in [0.2, 0.25) is 0 Å². The highest BCUT2D eigenvalue weighted by Gasteiger charge is 2.13. The first-order valence-electron chi connectivity index (χ1n) is 4.44. The Balaban J connectivity index is 2.70. The highest BCUT2D eigenvalue weighted by Crippen LogP contribution is 2.31. The minimum Gasteiger partial charge on any atom is -0.477 e. The maximum absolute atomic E-state index is 10.9. The fourth-order valence-corrected chi connectivity index (χ4v) is 3.02. The van der Waals surface area contributed by atoms with Crippen LogP contribution in [0, 0.1) is 6.92 Å². The smallest absolute Gasteiger partial charge is 0.346 e. The minimum absolute atomic E-state index is 0.441. The van der Waals surface area contributed by atoms with Crippen LogP contribution in [-0.4, -0.2) is 11.1 Å². The molecule has 2 nitrogen and oxygen atoms in total. The van der Waals surface area contributed by atoms with Gasteiger partial charge in [0.2, 0.25) is 0 Å². The zero-order valence-corrected chi connectivity index (χ0v) is 10.5. The van der Waals surface area contributed by atoms with E-state index >= 15 is 0 Å². The number of carbonyl (C=O) groups is 1. The molecule has 0 aliphatic rings. The highest BCUT2D eigenvalue weighted by atomic mass is 79.9. The van der Waals surface area contributed by atoms with Gasteiger partial charge in [0.1, 0.15) is 4.88 Å². The summed E-state index contributed by atoms with van der Waals surface area (Å²) < 4.78 is 1.04. The van der Waals surface area contributed by atoms with Crippen LogP contribution in [0.15, 0.2) is 18.2 Å². The number of aromatic carboxylic acids is 1. The zero-order valence-electron chi connectivity index (χ0n) is 8.08. The Morgan fingerprint density at radius 2 is 2.27 bits per heavy atom. The van der Waals surface area contributed by atoms with Crippen molar-refractivity contribution in [2.24, 2.45) is 0 Å². The number of carboxylic acid groups (broad SMARTS) is 1. The summed E-state index contributed by atoms with van der Waals surface area (Å²) in [5.41, 5.74) is 2.03. The standard InChI is InChI=1S/C11H9BrO2S/c1-6-8-3-2-7(5-12)4-9(8)15-10(6)11(13)14/h2-4H,5H2,1H3,(H,13,14). The first kappa shape index (κ1) is 10.6. The summed E-state index contributed by atoms with van der Waals surface area (Å²) in [6, 6.07) is 6.04. The third kappa shape index (κ3) is 1.79. The molecule has 0 bridgehead atoms. The summed E-state index contributed by atoms with van der Waals surface area (Å²) >= 11 is 4.73. The molecule has 0 aliphatic carbocycles. The van der Waals surface area contributed by atoms with Gasteiger partial charge in [-0.05, 0) is 29.5 Å². The molecule has 4 heteroatoms. The normalized spacial score (nSPS) is 10.8. The third-order valence-electron chi connectivity index (χ3n) is 2.35. The van der Waals surface area contributed by atoms with Gasteiger partial charge in [-0.25, -0.2) is 4.79 Å². The van der Waals surface area contributed by atoms with Gasteiger partial charge in [-0.3, -0.25) is 0 Å². The summed E-state index contributed by atoms with van der Waals surface area (Å²) in [5, 5.41) is 10.8. The number of halogens is 1. The molecule has 2 rings (SSSR count). The van der Waals surface area contributed by atoms with E-state index in [0.717, 1.165) is 21.0 Å². The Morgan fingerprint density at radius 1 is 1.53 bits per heavy atom. The molecule has 1 heterocycles. The van der Waals surface area contributed by atoms with Crippen molar-refractivity contribution in [2.45, 2.75) is 12.3 Å². The molecule has 1 N–H and O–H groups in total. The topological polar surface area (TPSA) is 37.3 Å². The first-order valence-corrected chi connectivity index (χ1v) is 6.38. The van der Waals surface area contributed by atoms with Crippen molar-refractivity contribution in [3.63, 3.8) is 0 Å². The van der Waals surface area contributed by atoms with E-state index in [1.165, 1.54) is 16.9 Å².